The van der Waals surface area contributed by atoms with Crippen molar-refractivity contribution >= 4 is 35.9 Å². The van der Waals surface area contributed by atoms with Crippen LogP contribution in [0.2, 0.25) is 5.02 Å². The zero-order chi connectivity index (χ0) is 16.4. The fourth-order valence-corrected chi connectivity index (χ4v) is 2.77. The molecule has 2 aromatic rings. The number of hydrogen-bond acceptors (Lipinski definition) is 4. The van der Waals surface area contributed by atoms with Gasteiger partial charge in [-0.05, 0) is 44.1 Å². The molecule has 0 atom stereocenters. The van der Waals surface area contributed by atoms with Crippen molar-refractivity contribution < 1.29 is 9.18 Å². The average molecular weight is 374 g/mol. The normalized spacial score (nSPS) is 15.0. The van der Waals surface area contributed by atoms with Gasteiger partial charge in [-0.3, -0.25) is 10.1 Å². The third kappa shape index (κ3) is 4.03. The number of carbonyl (C=O) groups is 1. The minimum atomic E-state index is -0.671. The highest BCUT2D eigenvalue weighted by atomic mass is 35.5. The van der Waals surface area contributed by atoms with Crippen LogP contribution < -0.4 is 10.6 Å². The van der Waals surface area contributed by atoms with E-state index in [1.807, 2.05) is 0 Å². The molecule has 9 heteroatoms. The largest absolute Gasteiger partial charge is 0.317 e. The Bertz CT molecular complexity index is 731. The van der Waals surface area contributed by atoms with Crippen LogP contribution in [0.25, 0.3) is 0 Å². The van der Waals surface area contributed by atoms with Gasteiger partial charge in [-0.15, -0.1) is 12.4 Å². The van der Waals surface area contributed by atoms with Crippen LogP contribution in [0.1, 0.15) is 34.9 Å². The molecular formula is C15H18Cl2FN5O. The van der Waals surface area contributed by atoms with Gasteiger partial charge in [0.25, 0.3) is 5.91 Å². The monoisotopic (exact) mass is 373 g/mol. The molecule has 0 saturated carbocycles. The Morgan fingerprint density at radius 2 is 2.12 bits per heavy atom. The van der Waals surface area contributed by atoms with E-state index in [4.69, 9.17) is 11.6 Å². The molecule has 130 valence electrons. The van der Waals surface area contributed by atoms with Gasteiger partial charge in [0.1, 0.15) is 5.82 Å². The van der Waals surface area contributed by atoms with Crippen LogP contribution >= 0.6 is 24.0 Å². The lowest BCUT2D eigenvalue weighted by atomic mass is 9.98. The molecule has 1 aliphatic heterocycles. The molecule has 0 bridgehead atoms. The highest BCUT2D eigenvalue weighted by Crippen LogP contribution is 2.23. The van der Waals surface area contributed by atoms with Crippen LogP contribution in [0.4, 0.5) is 10.3 Å². The van der Waals surface area contributed by atoms with E-state index in [1.165, 1.54) is 16.8 Å². The minimum absolute atomic E-state index is 0. The van der Waals surface area contributed by atoms with Crippen LogP contribution in [-0.2, 0) is 7.05 Å². The van der Waals surface area contributed by atoms with Crippen LogP contribution in [0.5, 0.6) is 0 Å². The van der Waals surface area contributed by atoms with Crippen molar-refractivity contribution in [1.29, 1.82) is 0 Å². The Balaban J connectivity index is 0.00000208. The highest BCUT2D eigenvalue weighted by Gasteiger charge is 2.22. The minimum Gasteiger partial charge on any atom is -0.317 e. The van der Waals surface area contributed by atoms with Gasteiger partial charge >= 0.3 is 0 Å². The first-order chi connectivity index (χ1) is 11.0. The van der Waals surface area contributed by atoms with E-state index in [0.717, 1.165) is 32.0 Å². The number of nitrogens with zero attached hydrogens (tertiary/aromatic N) is 3. The summed E-state index contributed by atoms with van der Waals surface area (Å²) in [5.41, 5.74) is -0.0826. The second kappa shape index (κ2) is 7.92. The lowest BCUT2D eigenvalue weighted by Gasteiger charge is -2.19. The van der Waals surface area contributed by atoms with Gasteiger partial charge in [-0.2, -0.15) is 10.1 Å². The van der Waals surface area contributed by atoms with Crippen LogP contribution in [0, 0.1) is 5.82 Å². The molecule has 0 aliphatic carbocycles. The van der Waals surface area contributed by atoms with E-state index in [9.17, 15) is 9.18 Å². The molecule has 0 radical (unpaired) electrons. The quantitative estimate of drug-likeness (QED) is 0.867. The number of piperidine rings is 1. The lowest BCUT2D eigenvalue weighted by molar-refractivity contribution is 0.102. The SMILES string of the molecule is Cl.Cn1nc(C2CCNCC2)nc1NC(=O)c1ccc(Cl)cc1F. The molecule has 0 spiro atoms. The second-order valence-electron chi connectivity index (χ2n) is 5.52. The molecule has 2 N–H and O–H groups in total. The summed E-state index contributed by atoms with van der Waals surface area (Å²) in [5.74, 6) is 0.0430. The summed E-state index contributed by atoms with van der Waals surface area (Å²) >= 11 is 5.69. The zero-order valence-electron chi connectivity index (χ0n) is 13.1. The van der Waals surface area contributed by atoms with Gasteiger partial charge < -0.3 is 5.32 Å². The molecule has 1 amide bonds. The van der Waals surface area contributed by atoms with Crippen LogP contribution in [0.3, 0.4) is 0 Å². The third-order valence-corrected chi connectivity index (χ3v) is 4.12. The Morgan fingerprint density at radius 3 is 2.79 bits per heavy atom. The number of anilines is 1. The smallest absolute Gasteiger partial charge is 0.260 e. The predicted molar refractivity (Wildman–Crippen MR) is 92.5 cm³/mol. The summed E-state index contributed by atoms with van der Waals surface area (Å²) in [6.45, 7) is 1.86. The number of aromatic nitrogens is 3. The van der Waals surface area contributed by atoms with Gasteiger partial charge in [0.15, 0.2) is 5.82 Å². The molecule has 24 heavy (non-hydrogen) atoms. The standard InChI is InChI=1S/C15H17ClFN5O.ClH/c1-22-15(19-13(21-22)9-4-6-18-7-5-9)20-14(23)11-3-2-10(16)8-12(11)17;/h2-3,8-9,18H,4-7H2,1H3,(H,19,20,21,23);1H. The van der Waals surface area contributed by atoms with Crippen molar-refractivity contribution in [3.05, 3.63) is 40.4 Å². The molecule has 1 aromatic heterocycles. The maximum Gasteiger partial charge on any atom is 0.260 e. The number of carbonyl (C=O) groups excluding carboxylic acids is 1. The number of nitrogens with one attached hydrogen (secondary N) is 2. The predicted octanol–water partition coefficient (Wildman–Crippen LogP) is 2.75. The average Bonchev–Trinajstić information content (AvgIpc) is 2.89. The molecule has 6 nitrogen and oxygen atoms in total. The summed E-state index contributed by atoms with van der Waals surface area (Å²) in [6, 6.07) is 3.92. The third-order valence-electron chi connectivity index (χ3n) is 3.88. The molecule has 1 aromatic carbocycles. The summed E-state index contributed by atoms with van der Waals surface area (Å²) in [5, 5.41) is 10.5. The maximum absolute atomic E-state index is 13.8. The van der Waals surface area contributed by atoms with Crippen molar-refractivity contribution in [2.45, 2.75) is 18.8 Å². The van der Waals surface area contributed by atoms with Gasteiger partial charge in [-0.1, -0.05) is 11.6 Å². The molecule has 2 heterocycles. The van der Waals surface area contributed by atoms with Crippen LogP contribution in [-0.4, -0.2) is 33.8 Å². The topological polar surface area (TPSA) is 71.8 Å². The maximum atomic E-state index is 13.8. The Kier molecular flexibility index (Phi) is 6.15. The second-order valence-corrected chi connectivity index (χ2v) is 5.96. The van der Waals surface area contributed by atoms with E-state index >= 15 is 0 Å². The van der Waals surface area contributed by atoms with Gasteiger partial charge in [0.05, 0.1) is 5.56 Å². The molecule has 3 rings (SSSR count). The molecule has 1 saturated heterocycles. The fourth-order valence-electron chi connectivity index (χ4n) is 2.61. The van der Waals surface area contributed by atoms with E-state index in [0.29, 0.717) is 11.8 Å². The number of amides is 1. The van der Waals surface area contributed by atoms with Crippen LogP contribution in [0.15, 0.2) is 18.2 Å². The lowest BCUT2D eigenvalue weighted by Crippen LogP contribution is -2.27. The van der Waals surface area contributed by atoms with Crippen molar-refractivity contribution in [2.75, 3.05) is 18.4 Å². The number of benzene rings is 1. The summed E-state index contributed by atoms with van der Waals surface area (Å²) in [4.78, 5) is 16.6. The Morgan fingerprint density at radius 1 is 1.42 bits per heavy atom. The van der Waals surface area contributed by atoms with Gasteiger partial charge in [-0.25, -0.2) is 9.07 Å². The molecular weight excluding hydrogens is 356 g/mol. The first-order valence-corrected chi connectivity index (χ1v) is 7.80. The number of halogens is 3. The van der Waals surface area contributed by atoms with Gasteiger partial charge in [0, 0.05) is 18.0 Å². The van der Waals surface area contributed by atoms with Gasteiger partial charge in [0.2, 0.25) is 5.95 Å². The Hall–Kier alpha value is -1.70. The summed E-state index contributed by atoms with van der Waals surface area (Å²) < 4.78 is 15.3. The molecule has 0 unspecified atom stereocenters. The number of aryl methyl sites for hydroxylation is 1. The Labute approximate surface area is 150 Å². The first kappa shape index (κ1) is 18.6. The number of hydrogen-bond donors (Lipinski definition) is 2. The molecule has 1 aliphatic rings. The summed E-state index contributed by atoms with van der Waals surface area (Å²) in [6.07, 6.45) is 1.92. The first-order valence-electron chi connectivity index (χ1n) is 7.42. The molecule has 1 fully saturated rings. The van der Waals surface area contributed by atoms with E-state index < -0.39 is 11.7 Å². The van der Waals surface area contributed by atoms with Crippen molar-refractivity contribution in [3.63, 3.8) is 0 Å². The zero-order valence-corrected chi connectivity index (χ0v) is 14.6. The van der Waals surface area contributed by atoms with E-state index in [-0.39, 0.29) is 28.9 Å². The highest BCUT2D eigenvalue weighted by molar-refractivity contribution is 6.30. The van der Waals surface area contributed by atoms with E-state index in [2.05, 4.69) is 20.7 Å². The number of rotatable bonds is 3. The summed E-state index contributed by atoms with van der Waals surface area (Å²) in [7, 11) is 1.70. The van der Waals surface area contributed by atoms with Crippen molar-refractivity contribution in [2.24, 2.45) is 7.05 Å². The fraction of sp³-hybridized carbons (Fsp3) is 0.400. The van der Waals surface area contributed by atoms with Crippen molar-refractivity contribution in [1.82, 2.24) is 20.1 Å². The van der Waals surface area contributed by atoms with E-state index in [1.54, 1.807) is 7.05 Å². The van der Waals surface area contributed by atoms with Crippen molar-refractivity contribution in [3.8, 4) is 0 Å².